The molecule has 0 heterocycles. The van der Waals surface area contributed by atoms with Crippen LogP contribution in [-0.2, 0) is 4.74 Å². The topological polar surface area (TPSA) is 38.3 Å². The Hall–Kier alpha value is -0.730. The van der Waals surface area contributed by atoms with E-state index in [2.05, 4.69) is 5.32 Å². The van der Waals surface area contributed by atoms with Crippen molar-refractivity contribution in [3.05, 3.63) is 0 Å². The van der Waals surface area contributed by atoms with E-state index in [1.165, 1.54) is 12.8 Å². The number of carbonyl (C=O) groups excluding carboxylic acids is 1. The van der Waals surface area contributed by atoms with Crippen LogP contribution in [0.15, 0.2) is 0 Å². The van der Waals surface area contributed by atoms with Crippen LogP contribution in [0, 0.1) is 5.92 Å². The van der Waals surface area contributed by atoms with Gasteiger partial charge in [0.05, 0.1) is 6.61 Å². The van der Waals surface area contributed by atoms with Crippen molar-refractivity contribution in [2.75, 3.05) is 6.61 Å². The second-order valence-corrected chi connectivity index (χ2v) is 3.86. The molecule has 0 saturated heterocycles. The fraction of sp³-hybridized carbons (Fsp3) is 0.900. The normalized spacial score (nSPS) is 18.0. The summed E-state index contributed by atoms with van der Waals surface area (Å²) in [6, 6.07) is 0.261. The van der Waals surface area contributed by atoms with Gasteiger partial charge in [-0.15, -0.1) is 0 Å². The van der Waals surface area contributed by atoms with Crippen LogP contribution in [0.5, 0.6) is 0 Å². The van der Waals surface area contributed by atoms with Crippen molar-refractivity contribution in [3.8, 4) is 0 Å². The number of amides is 1. The van der Waals surface area contributed by atoms with E-state index in [0.29, 0.717) is 6.61 Å². The van der Waals surface area contributed by atoms with Gasteiger partial charge in [0.1, 0.15) is 0 Å². The van der Waals surface area contributed by atoms with Gasteiger partial charge in [0.2, 0.25) is 0 Å². The molecule has 1 rings (SSSR count). The molecular formula is C10H19NO2. The summed E-state index contributed by atoms with van der Waals surface area (Å²) in [6.07, 6.45) is 4.37. The summed E-state index contributed by atoms with van der Waals surface area (Å²) in [5.41, 5.74) is 0. The largest absolute Gasteiger partial charge is 0.450 e. The van der Waals surface area contributed by atoms with Gasteiger partial charge >= 0.3 is 6.09 Å². The van der Waals surface area contributed by atoms with Crippen LogP contribution < -0.4 is 5.32 Å². The third kappa shape index (κ3) is 4.76. The molecule has 1 N–H and O–H groups in total. The first-order valence-corrected chi connectivity index (χ1v) is 5.15. The van der Waals surface area contributed by atoms with Crippen LogP contribution in [0.4, 0.5) is 4.79 Å². The lowest BCUT2D eigenvalue weighted by Crippen LogP contribution is -2.33. The quantitative estimate of drug-likeness (QED) is 0.713. The van der Waals surface area contributed by atoms with Gasteiger partial charge in [-0.3, -0.25) is 0 Å². The highest BCUT2D eigenvalue weighted by Crippen LogP contribution is 2.33. The van der Waals surface area contributed by atoms with Crippen molar-refractivity contribution in [3.63, 3.8) is 0 Å². The maximum atomic E-state index is 11.1. The highest BCUT2D eigenvalue weighted by molar-refractivity contribution is 5.67. The minimum absolute atomic E-state index is 0.261. The molecule has 0 radical (unpaired) electrons. The lowest BCUT2D eigenvalue weighted by Gasteiger charge is -2.12. The van der Waals surface area contributed by atoms with Crippen molar-refractivity contribution in [1.82, 2.24) is 5.32 Å². The Labute approximate surface area is 79.8 Å². The number of rotatable bonds is 5. The molecule has 1 aliphatic rings. The molecule has 1 amide bonds. The van der Waals surface area contributed by atoms with Gasteiger partial charge in [-0.05, 0) is 25.7 Å². The zero-order valence-corrected chi connectivity index (χ0v) is 8.51. The second kappa shape index (κ2) is 5.10. The third-order valence-corrected chi connectivity index (χ3v) is 2.19. The van der Waals surface area contributed by atoms with Crippen molar-refractivity contribution < 1.29 is 9.53 Å². The van der Waals surface area contributed by atoms with Crippen molar-refractivity contribution in [2.24, 2.45) is 5.92 Å². The molecule has 1 aliphatic carbocycles. The standard InChI is InChI=1S/C10H19NO2/c1-3-6-13-10(12)11-8(2)7-9-4-5-9/h8-9H,3-7H2,1-2H3,(H,11,12). The Morgan fingerprint density at radius 3 is 2.85 bits per heavy atom. The van der Waals surface area contributed by atoms with Gasteiger partial charge < -0.3 is 10.1 Å². The molecule has 3 heteroatoms. The first-order valence-electron chi connectivity index (χ1n) is 5.15. The van der Waals surface area contributed by atoms with Crippen LogP contribution in [0.25, 0.3) is 0 Å². The van der Waals surface area contributed by atoms with E-state index in [9.17, 15) is 4.79 Å². The predicted molar refractivity (Wildman–Crippen MR) is 51.6 cm³/mol. The summed E-state index contributed by atoms with van der Waals surface area (Å²) < 4.78 is 4.91. The number of hydrogen-bond acceptors (Lipinski definition) is 2. The minimum Gasteiger partial charge on any atom is -0.450 e. The number of hydrogen-bond donors (Lipinski definition) is 1. The summed E-state index contributed by atoms with van der Waals surface area (Å²) in [5, 5.41) is 2.82. The summed E-state index contributed by atoms with van der Waals surface area (Å²) in [7, 11) is 0. The number of carbonyl (C=O) groups is 1. The van der Waals surface area contributed by atoms with Crippen LogP contribution in [0.3, 0.4) is 0 Å². The monoisotopic (exact) mass is 185 g/mol. The Morgan fingerprint density at radius 1 is 1.62 bits per heavy atom. The first kappa shape index (κ1) is 10.4. The smallest absolute Gasteiger partial charge is 0.407 e. The van der Waals surface area contributed by atoms with Gasteiger partial charge in [-0.1, -0.05) is 19.8 Å². The van der Waals surface area contributed by atoms with Gasteiger partial charge in [0, 0.05) is 6.04 Å². The summed E-state index contributed by atoms with van der Waals surface area (Å²) in [5.74, 6) is 0.849. The first-order chi connectivity index (χ1) is 6.22. The van der Waals surface area contributed by atoms with E-state index in [4.69, 9.17) is 4.74 Å². The van der Waals surface area contributed by atoms with Gasteiger partial charge in [-0.2, -0.15) is 0 Å². The number of alkyl carbamates (subject to hydrolysis) is 1. The second-order valence-electron chi connectivity index (χ2n) is 3.86. The zero-order valence-electron chi connectivity index (χ0n) is 8.51. The zero-order chi connectivity index (χ0) is 9.68. The Kier molecular flexibility index (Phi) is 4.06. The highest BCUT2D eigenvalue weighted by atomic mass is 16.5. The average Bonchev–Trinajstić information content (AvgIpc) is 2.84. The lowest BCUT2D eigenvalue weighted by atomic mass is 10.2. The molecule has 0 aromatic heterocycles. The van der Waals surface area contributed by atoms with Gasteiger partial charge in [0.15, 0.2) is 0 Å². The lowest BCUT2D eigenvalue weighted by molar-refractivity contribution is 0.142. The molecule has 3 nitrogen and oxygen atoms in total. The fourth-order valence-corrected chi connectivity index (χ4v) is 1.35. The molecule has 0 aliphatic heterocycles. The summed E-state index contributed by atoms with van der Waals surface area (Å²) >= 11 is 0. The summed E-state index contributed by atoms with van der Waals surface area (Å²) in [4.78, 5) is 11.1. The van der Waals surface area contributed by atoms with Gasteiger partial charge in [0.25, 0.3) is 0 Å². The van der Waals surface area contributed by atoms with Crippen molar-refractivity contribution in [1.29, 1.82) is 0 Å². The van der Waals surface area contributed by atoms with E-state index in [1.54, 1.807) is 0 Å². The maximum absolute atomic E-state index is 11.1. The Bertz CT molecular complexity index is 166. The Balaban J connectivity index is 2.03. The van der Waals surface area contributed by atoms with E-state index in [0.717, 1.165) is 18.8 Å². The Morgan fingerprint density at radius 2 is 2.31 bits per heavy atom. The van der Waals surface area contributed by atoms with E-state index in [1.807, 2.05) is 13.8 Å². The molecule has 1 fully saturated rings. The molecule has 0 aromatic carbocycles. The van der Waals surface area contributed by atoms with Crippen LogP contribution in [0.2, 0.25) is 0 Å². The number of nitrogens with one attached hydrogen (secondary N) is 1. The molecule has 0 aromatic rings. The van der Waals surface area contributed by atoms with Crippen molar-refractivity contribution in [2.45, 2.75) is 45.6 Å². The van der Waals surface area contributed by atoms with Gasteiger partial charge in [-0.25, -0.2) is 4.79 Å². The SMILES string of the molecule is CCCOC(=O)NC(C)CC1CC1. The molecule has 1 unspecified atom stereocenters. The molecule has 0 bridgehead atoms. The van der Waals surface area contributed by atoms with E-state index < -0.39 is 0 Å². The molecule has 76 valence electrons. The van der Waals surface area contributed by atoms with Crippen molar-refractivity contribution >= 4 is 6.09 Å². The third-order valence-electron chi connectivity index (χ3n) is 2.19. The summed E-state index contributed by atoms with van der Waals surface area (Å²) in [6.45, 7) is 4.54. The predicted octanol–water partition coefficient (Wildman–Crippen LogP) is 2.31. The molecule has 1 atom stereocenters. The molecular weight excluding hydrogens is 166 g/mol. The minimum atomic E-state index is -0.269. The highest BCUT2D eigenvalue weighted by Gasteiger charge is 2.24. The van der Waals surface area contributed by atoms with Crippen LogP contribution >= 0.6 is 0 Å². The average molecular weight is 185 g/mol. The van der Waals surface area contributed by atoms with Crippen LogP contribution in [0.1, 0.15) is 39.5 Å². The van der Waals surface area contributed by atoms with Crippen LogP contribution in [-0.4, -0.2) is 18.7 Å². The molecule has 0 spiro atoms. The fourth-order valence-electron chi connectivity index (χ4n) is 1.35. The van der Waals surface area contributed by atoms with E-state index in [-0.39, 0.29) is 12.1 Å². The number of ether oxygens (including phenoxy) is 1. The molecule has 13 heavy (non-hydrogen) atoms. The maximum Gasteiger partial charge on any atom is 0.407 e. The van der Waals surface area contributed by atoms with E-state index >= 15 is 0 Å². The molecule has 1 saturated carbocycles.